The molecule has 0 atom stereocenters. The Morgan fingerprint density at radius 1 is 1.45 bits per heavy atom. The Morgan fingerprint density at radius 3 is 3.10 bits per heavy atom. The van der Waals surface area contributed by atoms with E-state index in [2.05, 4.69) is 20.4 Å². The first-order valence-corrected chi connectivity index (χ1v) is 6.90. The number of nitrogens with zero attached hydrogens (tertiary/aromatic N) is 3. The maximum absolute atomic E-state index is 5.59. The number of rotatable bonds is 7. The molecule has 0 aromatic carbocycles. The minimum atomic E-state index is 0.483. The van der Waals surface area contributed by atoms with E-state index in [9.17, 15) is 0 Å². The summed E-state index contributed by atoms with van der Waals surface area (Å²) in [6.45, 7) is 4.06. The van der Waals surface area contributed by atoms with Crippen LogP contribution in [0.15, 0.2) is 22.9 Å². The predicted molar refractivity (Wildman–Crippen MR) is 74.3 cm³/mol. The zero-order chi connectivity index (χ0) is 13.8. The van der Waals surface area contributed by atoms with Gasteiger partial charge in [-0.2, -0.15) is 4.98 Å². The van der Waals surface area contributed by atoms with Gasteiger partial charge in [-0.05, 0) is 37.8 Å². The average Bonchev–Trinajstić information content (AvgIpc) is 3.19. The molecule has 20 heavy (non-hydrogen) atoms. The molecule has 0 radical (unpaired) electrons. The van der Waals surface area contributed by atoms with Crippen LogP contribution in [0.2, 0.25) is 0 Å². The van der Waals surface area contributed by atoms with Crippen molar-refractivity contribution in [1.29, 1.82) is 0 Å². The Bertz CT molecular complexity index is 566. The number of nitrogens with one attached hydrogen (secondary N) is 1. The van der Waals surface area contributed by atoms with Crippen LogP contribution in [0, 0.1) is 12.8 Å². The Hall–Kier alpha value is -1.95. The highest BCUT2D eigenvalue weighted by Crippen LogP contribution is 2.28. The van der Waals surface area contributed by atoms with E-state index in [1.165, 1.54) is 12.8 Å². The SMILES string of the molecule is Cc1noc(-c2cccnc2NCCOCC2CC2)n1. The first kappa shape index (κ1) is 13.1. The molecule has 2 aromatic heterocycles. The third kappa shape index (κ3) is 3.33. The van der Waals surface area contributed by atoms with Crippen LogP contribution in [0.25, 0.3) is 11.5 Å². The summed E-state index contributed by atoms with van der Waals surface area (Å²) in [4.78, 5) is 8.54. The van der Waals surface area contributed by atoms with Crippen LogP contribution in [-0.2, 0) is 4.74 Å². The van der Waals surface area contributed by atoms with E-state index in [1.807, 2.05) is 12.1 Å². The standard InChI is InChI=1S/C14H18N4O2/c1-10-17-14(20-18-10)12-3-2-6-15-13(12)16-7-8-19-9-11-4-5-11/h2-3,6,11H,4-5,7-9H2,1H3,(H,15,16). The van der Waals surface area contributed by atoms with Gasteiger partial charge in [0.05, 0.1) is 12.2 Å². The fraction of sp³-hybridized carbons (Fsp3) is 0.500. The molecule has 0 spiro atoms. The normalized spacial score (nSPS) is 14.4. The number of aryl methyl sites for hydroxylation is 1. The van der Waals surface area contributed by atoms with E-state index in [0.717, 1.165) is 23.9 Å². The van der Waals surface area contributed by atoms with Crippen molar-refractivity contribution in [2.24, 2.45) is 5.92 Å². The number of hydrogen-bond donors (Lipinski definition) is 1. The molecule has 1 fully saturated rings. The van der Waals surface area contributed by atoms with Gasteiger partial charge in [-0.3, -0.25) is 0 Å². The van der Waals surface area contributed by atoms with Gasteiger partial charge in [-0.25, -0.2) is 4.98 Å². The molecule has 2 heterocycles. The third-order valence-electron chi connectivity index (χ3n) is 3.16. The number of ether oxygens (including phenoxy) is 1. The van der Waals surface area contributed by atoms with Gasteiger partial charge >= 0.3 is 0 Å². The minimum Gasteiger partial charge on any atom is -0.379 e. The van der Waals surface area contributed by atoms with Gasteiger partial charge in [0.15, 0.2) is 5.82 Å². The van der Waals surface area contributed by atoms with Gasteiger partial charge in [-0.1, -0.05) is 5.16 Å². The zero-order valence-electron chi connectivity index (χ0n) is 11.5. The van der Waals surface area contributed by atoms with E-state index in [1.54, 1.807) is 13.1 Å². The Morgan fingerprint density at radius 2 is 2.35 bits per heavy atom. The van der Waals surface area contributed by atoms with Crippen molar-refractivity contribution in [3.63, 3.8) is 0 Å². The molecular weight excluding hydrogens is 256 g/mol. The van der Waals surface area contributed by atoms with Crippen molar-refractivity contribution in [3.8, 4) is 11.5 Å². The summed E-state index contributed by atoms with van der Waals surface area (Å²) < 4.78 is 10.8. The third-order valence-corrected chi connectivity index (χ3v) is 3.16. The lowest BCUT2D eigenvalue weighted by atomic mass is 10.2. The van der Waals surface area contributed by atoms with Gasteiger partial charge < -0.3 is 14.6 Å². The van der Waals surface area contributed by atoms with Crippen LogP contribution in [0.4, 0.5) is 5.82 Å². The van der Waals surface area contributed by atoms with Gasteiger partial charge in [-0.15, -0.1) is 0 Å². The molecule has 2 aromatic rings. The van der Waals surface area contributed by atoms with E-state index in [0.29, 0.717) is 24.9 Å². The molecule has 0 saturated heterocycles. The second kappa shape index (κ2) is 6.00. The van der Waals surface area contributed by atoms with Crippen LogP contribution in [0.3, 0.4) is 0 Å². The molecule has 6 heteroatoms. The lowest BCUT2D eigenvalue weighted by Crippen LogP contribution is -2.12. The van der Waals surface area contributed by atoms with Crippen LogP contribution in [0.5, 0.6) is 0 Å². The van der Waals surface area contributed by atoms with Crippen LogP contribution >= 0.6 is 0 Å². The topological polar surface area (TPSA) is 73.1 Å². The molecule has 0 amide bonds. The zero-order valence-corrected chi connectivity index (χ0v) is 11.5. The molecule has 0 bridgehead atoms. The highest BCUT2D eigenvalue weighted by molar-refractivity contribution is 5.68. The summed E-state index contributed by atoms with van der Waals surface area (Å²) in [5.41, 5.74) is 0.815. The molecule has 6 nitrogen and oxygen atoms in total. The van der Waals surface area contributed by atoms with Crippen LogP contribution < -0.4 is 5.32 Å². The molecule has 0 unspecified atom stereocenters. The second-order valence-electron chi connectivity index (χ2n) is 4.99. The molecular formula is C14H18N4O2. The molecule has 1 aliphatic carbocycles. The number of anilines is 1. The van der Waals surface area contributed by atoms with Crippen molar-refractivity contribution in [3.05, 3.63) is 24.2 Å². The van der Waals surface area contributed by atoms with Gasteiger partial charge in [0.2, 0.25) is 0 Å². The lowest BCUT2D eigenvalue weighted by Gasteiger charge is -2.08. The number of hydrogen-bond acceptors (Lipinski definition) is 6. The Kier molecular flexibility index (Phi) is 3.92. The van der Waals surface area contributed by atoms with E-state index in [-0.39, 0.29) is 0 Å². The highest BCUT2D eigenvalue weighted by atomic mass is 16.5. The van der Waals surface area contributed by atoms with Gasteiger partial charge in [0.25, 0.3) is 5.89 Å². The maximum Gasteiger partial charge on any atom is 0.261 e. The maximum atomic E-state index is 5.59. The van der Waals surface area contributed by atoms with Gasteiger partial charge in [0, 0.05) is 19.3 Å². The number of aromatic nitrogens is 3. The van der Waals surface area contributed by atoms with Crippen molar-refractivity contribution in [2.75, 3.05) is 25.1 Å². The molecule has 1 aliphatic rings. The molecule has 106 valence electrons. The minimum absolute atomic E-state index is 0.483. The molecule has 1 saturated carbocycles. The van der Waals surface area contributed by atoms with Crippen LogP contribution in [-0.4, -0.2) is 34.9 Å². The van der Waals surface area contributed by atoms with Crippen molar-refractivity contribution >= 4 is 5.82 Å². The summed E-state index contributed by atoms with van der Waals surface area (Å²) in [5, 5.41) is 7.06. The summed E-state index contributed by atoms with van der Waals surface area (Å²) in [7, 11) is 0. The summed E-state index contributed by atoms with van der Waals surface area (Å²) in [5.74, 6) is 2.63. The van der Waals surface area contributed by atoms with Crippen molar-refractivity contribution in [1.82, 2.24) is 15.1 Å². The van der Waals surface area contributed by atoms with Crippen molar-refractivity contribution in [2.45, 2.75) is 19.8 Å². The fourth-order valence-electron chi connectivity index (χ4n) is 1.90. The summed E-state index contributed by atoms with van der Waals surface area (Å²) in [6.07, 6.45) is 4.36. The molecule has 0 aliphatic heterocycles. The van der Waals surface area contributed by atoms with Crippen molar-refractivity contribution < 1.29 is 9.26 Å². The first-order valence-electron chi connectivity index (χ1n) is 6.90. The number of pyridine rings is 1. The second-order valence-corrected chi connectivity index (χ2v) is 4.99. The summed E-state index contributed by atoms with van der Waals surface area (Å²) >= 11 is 0. The fourth-order valence-corrected chi connectivity index (χ4v) is 1.90. The monoisotopic (exact) mass is 274 g/mol. The van der Waals surface area contributed by atoms with E-state index in [4.69, 9.17) is 9.26 Å². The lowest BCUT2D eigenvalue weighted by molar-refractivity contribution is 0.134. The van der Waals surface area contributed by atoms with E-state index < -0.39 is 0 Å². The quantitative estimate of drug-likeness (QED) is 0.781. The first-order chi connectivity index (χ1) is 9.83. The Balaban J connectivity index is 1.57. The summed E-state index contributed by atoms with van der Waals surface area (Å²) in [6, 6.07) is 3.76. The smallest absolute Gasteiger partial charge is 0.261 e. The molecule has 3 rings (SSSR count). The van der Waals surface area contributed by atoms with E-state index >= 15 is 0 Å². The average molecular weight is 274 g/mol. The highest BCUT2D eigenvalue weighted by Gasteiger charge is 2.20. The largest absolute Gasteiger partial charge is 0.379 e. The molecule has 1 N–H and O–H groups in total. The van der Waals surface area contributed by atoms with Crippen LogP contribution in [0.1, 0.15) is 18.7 Å². The Labute approximate surface area is 117 Å². The van der Waals surface area contributed by atoms with Gasteiger partial charge in [0.1, 0.15) is 5.82 Å². The predicted octanol–water partition coefficient (Wildman–Crippen LogP) is 2.28.